The lowest BCUT2D eigenvalue weighted by atomic mass is 9.81. The molecule has 0 bridgehead atoms. The van der Waals surface area contributed by atoms with Crippen molar-refractivity contribution in [2.24, 2.45) is 11.8 Å². The molecule has 0 saturated heterocycles. The number of carbonyl (C=O) groups excluding carboxylic acids is 2. The summed E-state index contributed by atoms with van der Waals surface area (Å²) in [5.41, 5.74) is 0.722. The van der Waals surface area contributed by atoms with Crippen LogP contribution in [0.1, 0.15) is 46.5 Å². The fraction of sp³-hybridized carbons (Fsp3) is 0.556. The van der Waals surface area contributed by atoms with Crippen LogP contribution in [0.3, 0.4) is 0 Å². The summed E-state index contributed by atoms with van der Waals surface area (Å²) in [4.78, 5) is 24.6. The van der Waals surface area contributed by atoms with E-state index in [4.69, 9.17) is 11.6 Å². The molecule has 0 aliphatic carbocycles. The Hall–Kier alpha value is -1.35. The molecule has 0 saturated carbocycles. The Balaban J connectivity index is 2.83. The summed E-state index contributed by atoms with van der Waals surface area (Å²) in [7, 11) is 0. The average Bonchev–Trinajstić information content (AvgIpc) is 2.45. The number of alkyl halides is 1. The van der Waals surface area contributed by atoms with E-state index in [1.165, 1.54) is 6.92 Å². The van der Waals surface area contributed by atoms with Crippen molar-refractivity contribution in [3.63, 3.8) is 0 Å². The van der Waals surface area contributed by atoms with Gasteiger partial charge in [0.1, 0.15) is 5.78 Å². The minimum Gasteiger partial charge on any atom is -0.325 e. The number of halogens is 1. The molecule has 1 aromatic rings. The van der Waals surface area contributed by atoms with Crippen LogP contribution >= 0.6 is 11.6 Å². The molecule has 3 nitrogen and oxygen atoms in total. The monoisotopic (exact) mass is 323 g/mol. The van der Waals surface area contributed by atoms with Crippen LogP contribution in [0.2, 0.25) is 0 Å². The number of amides is 1. The summed E-state index contributed by atoms with van der Waals surface area (Å²) in [6, 6.07) is 9.25. The van der Waals surface area contributed by atoms with Gasteiger partial charge < -0.3 is 5.32 Å². The summed E-state index contributed by atoms with van der Waals surface area (Å²) in [5, 5.41) is 2.92. The van der Waals surface area contributed by atoms with Gasteiger partial charge in [0.25, 0.3) is 0 Å². The predicted molar refractivity (Wildman–Crippen MR) is 92.2 cm³/mol. The molecule has 1 N–H and O–H groups in total. The quantitative estimate of drug-likeness (QED) is 0.531. The van der Waals surface area contributed by atoms with Gasteiger partial charge in [-0.1, -0.05) is 31.5 Å². The smallest absolute Gasteiger partial charge is 0.235 e. The summed E-state index contributed by atoms with van der Waals surface area (Å²) in [5.74, 6) is -0.837. The van der Waals surface area contributed by atoms with E-state index in [0.717, 1.165) is 31.4 Å². The van der Waals surface area contributed by atoms with Crippen molar-refractivity contribution >= 4 is 29.0 Å². The Labute approximate surface area is 138 Å². The molecule has 0 aromatic heterocycles. The third-order valence-electron chi connectivity index (χ3n) is 3.83. The van der Waals surface area contributed by atoms with Crippen LogP contribution < -0.4 is 5.32 Å². The van der Waals surface area contributed by atoms with Gasteiger partial charge in [-0.05, 0) is 51.2 Å². The van der Waals surface area contributed by atoms with E-state index in [-0.39, 0.29) is 23.0 Å². The number of ketones is 1. The summed E-state index contributed by atoms with van der Waals surface area (Å²) in [6.45, 7) is 5.52. The maximum absolute atomic E-state index is 12.6. The van der Waals surface area contributed by atoms with Crippen molar-refractivity contribution in [2.75, 3.05) is 5.32 Å². The molecule has 0 heterocycles. The van der Waals surface area contributed by atoms with Gasteiger partial charge in [-0.3, -0.25) is 9.59 Å². The van der Waals surface area contributed by atoms with Gasteiger partial charge in [-0.2, -0.15) is 0 Å². The zero-order valence-corrected chi connectivity index (χ0v) is 14.4. The Morgan fingerprint density at radius 2 is 1.77 bits per heavy atom. The van der Waals surface area contributed by atoms with E-state index >= 15 is 0 Å². The topological polar surface area (TPSA) is 46.2 Å². The summed E-state index contributed by atoms with van der Waals surface area (Å²) >= 11 is 6.03. The first kappa shape index (κ1) is 18.7. The van der Waals surface area contributed by atoms with E-state index < -0.39 is 5.92 Å². The van der Waals surface area contributed by atoms with Crippen molar-refractivity contribution < 1.29 is 9.59 Å². The van der Waals surface area contributed by atoms with E-state index in [9.17, 15) is 9.59 Å². The highest BCUT2D eigenvalue weighted by Gasteiger charge is 2.31. The van der Waals surface area contributed by atoms with Crippen LogP contribution in [0.15, 0.2) is 30.3 Å². The number of hydrogen-bond donors (Lipinski definition) is 1. The van der Waals surface area contributed by atoms with Crippen molar-refractivity contribution in [1.82, 2.24) is 0 Å². The van der Waals surface area contributed by atoms with E-state index in [1.807, 2.05) is 37.3 Å². The van der Waals surface area contributed by atoms with Crippen LogP contribution in [0.5, 0.6) is 0 Å². The lowest BCUT2D eigenvalue weighted by Crippen LogP contribution is -2.35. The number of Topliss-reactive ketones (excluding diaryl/α,β-unsaturated/α-hetero) is 1. The molecule has 0 radical (unpaired) electrons. The molecule has 1 rings (SSSR count). The van der Waals surface area contributed by atoms with Crippen LogP contribution in [-0.2, 0) is 9.59 Å². The largest absolute Gasteiger partial charge is 0.325 e. The number of nitrogens with one attached hydrogen (secondary N) is 1. The molecule has 3 unspecified atom stereocenters. The SMILES string of the molecule is CCCC(CCC(C)Cl)C(C(C)=O)C(=O)Nc1ccccc1. The lowest BCUT2D eigenvalue weighted by molar-refractivity contribution is -0.132. The molecule has 0 fully saturated rings. The van der Waals surface area contributed by atoms with Gasteiger partial charge in [-0.25, -0.2) is 0 Å². The molecule has 1 amide bonds. The summed E-state index contributed by atoms with van der Waals surface area (Å²) < 4.78 is 0. The summed E-state index contributed by atoms with van der Waals surface area (Å²) in [6.07, 6.45) is 3.42. The highest BCUT2D eigenvalue weighted by molar-refractivity contribution is 6.20. The maximum atomic E-state index is 12.6. The number of rotatable bonds is 9. The zero-order chi connectivity index (χ0) is 16.5. The minimum absolute atomic E-state index is 0.0485. The van der Waals surface area contributed by atoms with Gasteiger partial charge in [-0.15, -0.1) is 11.6 Å². The molecular formula is C18H26ClNO2. The fourth-order valence-corrected chi connectivity index (χ4v) is 2.89. The molecule has 0 aliphatic rings. The lowest BCUT2D eigenvalue weighted by Gasteiger charge is -2.24. The fourth-order valence-electron chi connectivity index (χ4n) is 2.76. The Bertz CT molecular complexity index is 473. The molecule has 122 valence electrons. The van der Waals surface area contributed by atoms with Gasteiger partial charge in [0.05, 0.1) is 5.92 Å². The molecular weight excluding hydrogens is 298 g/mol. The highest BCUT2D eigenvalue weighted by atomic mass is 35.5. The molecule has 0 aliphatic heterocycles. The second-order valence-corrected chi connectivity index (χ2v) is 6.60. The standard InChI is InChI=1S/C18H26ClNO2/c1-4-8-15(12-11-13(2)19)17(14(3)21)18(22)20-16-9-6-5-7-10-16/h5-7,9-10,13,15,17H,4,8,11-12H2,1-3H3,(H,20,22). The van der Waals surface area contributed by atoms with Crippen molar-refractivity contribution in [2.45, 2.75) is 51.8 Å². The predicted octanol–water partition coefficient (Wildman–Crippen LogP) is 4.65. The second kappa shape index (κ2) is 9.62. The van der Waals surface area contributed by atoms with Gasteiger partial charge in [0.15, 0.2) is 0 Å². The van der Waals surface area contributed by atoms with Crippen molar-refractivity contribution in [1.29, 1.82) is 0 Å². The molecule has 3 atom stereocenters. The number of hydrogen-bond acceptors (Lipinski definition) is 2. The first-order chi connectivity index (χ1) is 10.5. The van der Waals surface area contributed by atoms with Crippen molar-refractivity contribution in [3.8, 4) is 0 Å². The molecule has 22 heavy (non-hydrogen) atoms. The number of carbonyl (C=O) groups is 2. The Morgan fingerprint density at radius 1 is 1.14 bits per heavy atom. The van der Waals surface area contributed by atoms with Crippen LogP contribution in [0.25, 0.3) is 0 Å². The third-order valence-corrected chi connectivity index (χ3v) is 4.05. The van der Waals surface area contributed by atoms with Gasteiger partial charge in [0.2, 0.25) is 5.91 Å². The van der Waals surface area contributed by atoms with Crippen LogP contribution in [-0.4, -0.2) is 17.1 Å². The zero-order valence-electron chi connectivity index (χ0n) is 13.6. The number of para-hydroxylation sites is 1. The first-order valence-electron chi connectivity index (χ1n) is 7.96. The maximum Gasteiger partial charge on any atom is 0.235 e. The number of benzene rings is 1. The van der Waals surface area contributed by atoms with Crippen LogP contribution in [0, 0.1) is 11.8 Å². The second-order valence-electron chi connectivity index (χ2n) is 5.85. The van der Waals surface area contributed by atoms with E-state index in [1.54, 1.807) is 0 Å². The third kappa shape index (κ3) is 6.18. The van der Waals surface area contributed by atoms with E-state index in [0.29, 0.717) is 0 Å². The Kier molecular flexibility index (Phi) is 8.18. The van der Waals surface area contributed by atoms with Gasteiger partial charge >= 0.3 is 0 Å². The highest BCUT2D eigenvalue weighted by Crippen LogP contribution is 2.27. The molecule has 0 spiro atoms. The average molecular weight is 324 g/mol. The molecule has 1 aromatic carbocycles. The van der Waals surface area contributed by atoms with Crippen LogP contribution in [0.4, 0.5) is 5.69 Å². The first-order valence-corrected chi connectivity index (χ1v) is 8.39. The normalized spacial score (nSPS) is 14.9. The minimum atomic E-state index is -0.601. The Morgan fingerprint density at radius 3 is 2.27 bits per heavy atom. The molecule has 4 heteroatoms. The van der Waals surface area contributed by atoms with Crippen molar-refractivity contribution in [3.05, 3.63) is 30.3 Å². The van der Waals surface area contributed by atoms with Gasteiger partial charge in [0, 0.05) is 11.1 Å². The van der Waals surface area contributed by atoms with E-state index in [2.05, 4.69) is 12.2 Å². The number of anilines is 1.